The predicted molar refractivity (Wildman–Crippen MR) is 67.1 cm³/mol. The van der Waals surface area contributed by atoms with Gasteiger partial charge in [0.05, 0.1) is 6.61 Å². The van der Waals surface area contributed by atoms with Gasteiger partial charge in [-0.25, -0.2) is 0 Å². The second-order valence-electron chi connectivity index (χ2n) is 5.38. The number of aliphatic carboxylic acids is 1. The van der Waals surface area contributed by atoms with Crippen LogP contribution in [0, 0.1) is 11.8 Å². The summed E-state index contributed by atoms with van der Waals surface area (Å²) in [5.41, 5.74) is 0. The lowest BCUT2D eigenvalue weighted by Crippen LogP contribution is -2.40. The lowest BCUT2D eigenvalue weighted by atomic mass is 10.0. The molecule has 1 aliphatic rings. The van der Waals surface area contributed by atoms with Crippen LogP contribution < -0.4 is 0 Å². The highest BCUT2D eigenvalue weighted by molar-refractivity contribution is 5.74. The first-order valence-corrected chi connectivity index (χ1v) is 6.57. The fourth-order valence-corrected chi connectivity index (χ4v) is 2.28. The summed E-state index contributed by atoms with van der Waals surface area (Å²) in [7, 11) is 0. The number of rotatable bonds is 7. The zero-order valence-electron chi connectivity index (χ0n) is 11.2. The fourth-order valence-electron chi connectivity index (χ4n) is 2.28. The van der Waals surface area contributed by atoms with Gasteiger partial charge in [-0.3, -0.25) is 9.69 Å². The molecule has 0 aromatic heterocycles. The van der Waals surface area contributed by atoms with Gasteiger partial charge in [0.25, 0.3) is 0 Å². The van der Waals surface area contributed by atoms with E-state index in [-0.39, 0.29) is 12.0 Å². The Morgan fingerprint density at radius 1 is 1.47 bits per heavy atom. The van der Waals surface area contributed by atoms with E-state index in [9.17, 15) is 4.79 Å². The average Bonchev–Trinajstić information content (AvgIpc) is 2.59. The number of ether oxygens (including phenoxy) is 1. The Labute approximate surface area is 104 Å². The molecule has 1 N–H and O–H groups in total. The molecule has 2 unspecified atom stereocenters. The van der Waals surface area contributed by atoms with Crippen molar-refractivity contribution in [3.63, 3.8) is 0 Å². The number of hydrogen-bond donors (Lipinski definition) is 1. The van der Waals surface area contributed by atoms with Crippen molar-refractivity contribution in [1.82, 2.24) is 4.90 Å². The fraction of sp³-hybridized carbons (Fsp3) is 0.923. The minimum Gasteiger partial charge on any atom is -0.480 e. The van der Waals surface area contributed by atoms with Gasteiger partial charge < -0.3 is 9.84 Å². The van der Waals surface area contributed by atoms with Gasteiger partial charge in [0.15, 0.2) is 0 Å². The minimum atomic E-state index is -0.697. The van der Waals surface area contributed by atoms with E-state index in [4.69, 9.17) is 9.84 Å². The van der Waals surface area contributed by atoms with Crippen LogP contribution >= 0.6 is 0 Å². The Morgan fingerprint density at radius 3 is 2.76 bits per heavy atom. The first-order valence-electron chi connectivity index (χ1n) is 6.57. The molecule has 0 bridgehead atoms. The molecule has 1 fully saturated rings. The van der Waals surface area contributed by atoms with Gasteiger partial charge in [-0.05, 0) is 31.2 Å². The summed E-state index contributed by atoms with van der Waals surface area (Å²) in [5.74, 6) is 0.217. The van der Waals surface area contributed by atoms with Crippen LogP contribution in [0.2, 0.25) is 0 Å². The molecule has 100 valence electrons. The normalized spacial score (nSPS) is 25.6. The van der Waals surface area contributed by atoms with E-state index in [2.05, 4.69) is 13.8 Å². The molecule has 17 heavy (non-hydrogen) atoms. The summed E-state index contributed by atoms with van der Waals surface area (Å²) in [6, 6.07) is -0.316. The van der Waals surface area contributed by atoms with Crippen LogP contribution in [-0.2, 0) is 9.53 Å². The van der Waals surface area contributed by atoms with E-state index in [1.165, 1.54) is 0 Å². The van der Waals surface area contributed by atoms with E-state index in [0.717, 1.165) is 32.5 Å². The molecule has 0 saturated carbocycles. The summed E-state index contributed by atoms with van der Waals surface area (Å²) in [6.07, 6.45) is 2.04. The average molecular weight is 243 g/mol. The third kappa shape index (κ3) is 4.64. The van der Waals surface area contributed by atoms with Crippen LogP contribution in [0.25, 0.3) is 0 Å². The molecule has 1 saturated heterocycles. The van der Waals surface area contributed by atoms with Crippen molar-refractivity contribution in [3.8, 4) is 0 Å². The Hall–Kier alpha value is -0.610. The molecule has 0 aromatic carbocycles. The van der Waals surface area contributed by atoms with Gasteiger partial charge in [0, 0.05) is 13.2 Å². The zero-order valence-corrected chi connectivity index (χ0v) is 11.2. The molecule has 1 aliphatic heterocycles. The lowest BCUT2D eigenvalue weighted by molar-refractivity contribution is -0.143. The van der Waals surface area contributed by atoms with Crippen molar-refractivity contribution in [3.05, 3.63) is 0 Å². The molecule has 0 spiro atoms. The smallest absolute Gasteiger partial charge is 0.321 e. The van der Waals surface area contributed by atoms with Crippen molar-refractivity contribution in [1.29, 1.82) is 0 Å². The van der Waals surface area contributed by atoms with E-state index in [0.29, 0.717) is 12.5 Å². The molecule has 4 heteroatoms. The van der Waals surface area contributed by atoms with E-state index < -0.39 is 5.97 Å². The second-order valence-corrected chi connectivity index (χ2v) is 5.38. The number of likely N-dealkylation sites (tertiary alicyclic amines) is 1. The highest BCUT2D eigenvalue weighted by Gasteiger charge is 2.36. The summed E-state index contributed by atoms with van der Waals surface area (Å²) in [5, 5.41) is 9.15. The summed E-state index contributed by atoms with van der Waals surface area (Å²) in [4.78, 5) is 13.1. The number of carboxylic acids is 1. The molecule has 0 amide bonds. The monoisotopic (exact) mass is 243 g/mol. The maximum absolute atomic E-state index is 11.1. The SMILES string of the molecule is CC(C)CCOCCN1CCC(C)C1C(=O)O. The van der Waals surface area contributed by atoms with Gasteiger partial charge in [0.1, 0.15) is 6.04 Å². The molecule has 4 nitrogen and oxygen atoms in total. The Balaban J connectivity index is 2.20. The molecule has 0 aromatic rings. The number of carbonyl (C=O) groups is 1. The third-order valence-electron chi connectivity index (χ3n) is 3.42. The topological polar surface area (TPSA) is 49.8 Å². The largest absolute Gasteiger partial charge is 0.480 e. The van der Waals surface area contributed by atoms with E-state index in [1.807, 2.05) is 11.8 Å². The molecule has 1 rings (SSSR count). The van der Waals surface area contributed by atoms with Gasteiger partial charge in [-0.2, -0.15) is 0 Å². The quantitative estimate of drug-likeness (QED) is 0.693. The Kier molecular flexibility index (Phi) is 5.92. The minimum absolute atomic E-state index is 0.253. The van der Waals surface area contributed by atoms with E-state index >= 15 is 0 Å². The van der Waals surface area contributed by atoms with E-state index in [1.54, 1.807) is 0 Å². The van der Waals surface area contributed by atoms with Gasteiger partial charge in [-0.15, -0.1) is 0 Å². The zero-order chi connectivity index (χ0) is 12.8. The first-order chi connectivity index (χ1) is 8.02. The van der Waals surface area contributed by atoms with Crippen molar-refractivity contribution in [2.75, 3.05) is 26.3 Å². The standard InChI is InChI=1S/C13H25NO3/c1-10(2)5-8-17-9-7-14-6-4-11(3)12(14)13(15)16/h10-12H,4-9H2,1-3H3,(H,15,16). The first kappa shape index (κ1) is 14.5. The number of carboxylic acid groups (broad SMARTS) is 1. The van der Waals surface area contributed by atoms with Crippen LogP contribution in [0.5, 0.6) is 0 Å². The summed E-state index contributed by atoms with van der Waals surface area (Å²) in [6.45, 7) is 9.39. The van der Waals surface area contributed by atoms with Gasteiger partial charge in [-0.1, -0.05) is 20.8 Å². The third-order valence-corrected chi connectivity index (χ3v) is 3.42. The number of nitrogens with zero attached hydrogens (tertiary/aromatic N) is 1. The second kappa shape index (κ2) is 6.97. The maximum atomic E-state index is 11.1. The predicted octanol–water partition coefficient (Wildman–Crippen LogP) is 1.84. The highest BCUT2D eigenvalue weighted by Crippen LogP contribution is 2.23. The molecule has 1 heterocycles. The lowest BCUT2D eigenvalue weighted by Gasteiger charge is -2.22. The van der Waals surface area contributed by atoms with Crippen LogP contribution in [0.3, 0.4) is 0 Å². The van der Waals surface area contributed by atoms with Crippen molar-refractivity contribution in [2.24, 2.45) is 11.8 Å². The van der Waals surface area contributed by atoms with Crippen molar-refractivity contribution in [2.45, 2.75) is 39.7 Å². The van der Waals surface area contributed by atoms with Crippen LogP contribution in [0.4, 0.5) is 0 Å². The summed E-state index contributed by atoms with van der Waals surface area (Å²) < 4.78 is 5.54. The molecular formula is C13H25NO3. The van der Waals surface area contributed by atoms with Crippen molar-refractivity contribution < 1.29 is 14.6 Å². The van der Waals surface area contributed by atoms with Crippen LogP contribution in [-0.4, -0.2) is 48.3 Å². The van der Waals surface area contributed by atoms with Crippen molar-refractivity contribution >= 4 is 5.97 Å². The maximum Gasteiger partial charge on any atom is 0.321 e. The van der Waals surface area contributed by atoms with Gasteiger partial charge in [0.2, 0.25) is 0 Å². The molecule has 0 aliphatic carbocycles. The Morgan fingerprint density at radius 2 is 2.18 bits per heavy atom. The Bertz CT molecular complexity index is 243. The molecular weight excluding hydrogens is 218 g/mol. The molecule has 0 radical (unpaired) electrons. The number of hydrogen-bond acceptors (Lipinski definition) is 3. The van der Waals surface area contributed by atoms with Crippen LogP contribution in [0.15, 0.2) is 0 Å². The van der Waals surface area contributed by atoms with Crippen LogP contribution in [0.1, 0.15) is 33.6 Å². The summed E-state index contributed by atoms with van der Waals surface area (Å²) >= 11 is 0. The molecule has 2 atom stereocenters. The van der Waals surface area contributed by atoms with Gasteiger partial charge >= 0.3 is 5.97 Å². The highest BCUT2D eigenvalue weighted by atomic mass is 16.5.